The Morgan fingerprint density at radius 3 is 2.00 bits per heavy atom. The van der Waals surface area contributed by atoms with E-state index in [1.54, 1.807) is 0 Å². The van der Waals surface area contributed by atoms with Crippen LogP contribution in [0.15, 0.2) is 28.7 Å². The van der Waals surface area contributed by atoms with Crippen LogP contribution in [0.25, 0.3) is 0 Å². The van der Waals surface area contributed by atoms with Crippen LogP contribution in [0, 0.1) is 0 Å². The van der Waals surface area contributed by atoms with Gasteiger partial charge in [0, 0.05) is 10.9 Å². The molecule has 2 rings (SSSR count). The zero-order chi connectivity index (χ0) is 13.8. The smallest absolute Gasteiger partial charge is 0.330 e. The SMILES string of the molecule is O=C(O)C1(c2ccc(Br)cc2)CC(F)(F)C1(F)F. The predicted octanol–water partition coefficient (Wildman–Crippen LogP) is 3.45. The van der Waals surface area contributed by atoms with Gasteiger partial charge in [-0.25, -0.2) is 0 Å². The molecule has 0 aliphatic heterocycles. The van der Waals surface area contributed by atoms with Crippen LogP contribution in [0.3, 0.4) is 0 Å². The van der Waals surface area contributed by atoms with Crippen LogP contribution in [0.5, 0.6) is 0 Å². The molecule has 1 saturated carbocycles. The molecule has 1 N–H and O–H groups in total. The standard InChI is InChI=1S/C11H7BrF4O2/c12-7-3-1-6(2-4-7)9(8(17)18)5-10(13,14)11(9,15)16/h1-4H,5H2,(H,17,18). The van der Waals surface area contributed by atoms with Crippen LogP contribution in [0.2, 0.25) is 0 Å². The quantitative estimate of drug-likeness (QED) is 0.845. The molecular weight excluding hydrogens is 320 g/mol. The van der Waals surface area contributed by atoms with Crippen molar-refractivity contribution in [3.63, 3.8) is 0 Å². The molecule has 1 aliphatic carbocycles. The average molecular weight is 327 g/mol. The van der Waals surface area contributed by atoms with Gasteiger partial charge in [-0.05, 0) is 17.7 Å². The molecule has 1 aromatic rings. The second-order valence-electron chi connectivity index (χ2n) is 4.17. The van der Waals surface area contributed by atoms with Crippen molar-refractivity contribution in [3.05, 3.63) is 34.3 Å². The molecule has 1 aromatic carbocycles. The van der Waals surface area contributed by atoms with Gasteiger partial charge in [-0.15, -0.1) is 0 Å². The molecule has 2 nitrogen and oxygen atoms in total. The van der Waals surface area contributed by atoms with Gasteiger partial charge in [-0.3, -0.25) is 4.79 Å². The second-order valence-corrected chi connectivity index (χ2v) is 5.09. The molecule has 7 heteroatoms. The van der Waals surface area contributed by atoms with Crippen molar-refractivity contribution in [1.82, 2.24) is 0 Å². The third-order valence-electron chi connectivity index (χ3n) is 3.18. The average Bonchev–Trinajstić information content (AvgIpc) is 2.26. The molecule has 1 aliphatic rings. The molecule has 98 valence electrons. The number of carboxylic acid groups (broad SMARTS) is 1. The summed E-state index contributed by atoms with van der Waals surface area (Å²) in [5, 5.41) is 8.95. The topological polar surface area (TPSA) is 37.3 Å². The van der Waals surface area contributed by atoms with Crippen molar-refractivity contribution in [2.24, 2.45) is 0 Å². The molecule has 0 amide bonds. The Morgan fingerprint density at radius 2 is 1.67 bits per heavy atom. The summed E-state index contributed by atoms with van der Waals surface area (Å²) in [7, 11) is 0. The Labute approximate surface area is 108 Å². The molecule has 1 fully saturated rings. The summed E-state index contributed by atoms with van der Waals surface area (Å²) in [6, 6.07) is 4.90. The molecule has 1 unspecified atom stereocenters. The largest absolute Gasteiger partial charge is 0.480 e. The third kappa shape index (κ3) is 1.43. The first kappa shape index (κ1) is 13.3. The fourth-order valence-electron chi connectivity index (χ4n) is 2.11. The second kappa shape index (κ2) is 3.69. The highest BCUT2D eigenvalue weighted by Crippen LogP contribution is 2.64. The lowest BCUT2D eigenvalue weighted by Gasteiger charge is -2.51. The van der Waals surface area contributed by atoms with Gasteiger partial charge < -0.3 is 5.11 Å². The summed E-state index contributed by atoms with van der Waals surface area (Å²) in [6.45, 7) is 0. The maximum atomic E-state index is 13.5. The minimum atomic E-state index is -4.60. The number of hydrogen-bond donors (Lipinski definition) is 1. The molecule has 1 atom stereocenters. The van der Waals surface area contributed by atoms with Gasteiger partial charge in [0.15, 0.2) is 5.41 Å². The van der Waals surface area contributed by atoms with E-state index < -0.39 is 29.7 Å². The Balaban J connectivity index is 2.55. The highest BCUT2D eigenvalue weighted by atomic mass is 79.9. The van der Waals surface area contributed by atoms with E-state index in [0.717, 1.165) is 12.1 Å². The van der Waals surface area contributed by atoms with Crippen molar-refractivity contribution in [1.29, 1.82) is 0 Å². The Bertz CT molecular complexity index is 500. The third-order valence-corrected chi connectivity index (χ3v) is 3.71. The van der Waals surface area contributed by atoms with Gasteiger partial charge in [-0.1, -0.05) is 28.1 Å². The zero-order valence-corrected chi connectivity index (χ0v) is 10.3. The first-order valence-electron chi connectivity index (χ1n) is 4.90. The zero-order valence-electron chi connectivity index (χ0n) is 8.76. The van der Waals surface area contributed by atoms with Gasteiger partial charge in [0.25, 0.3) is 0 Å². The summed E-state index contributed by atoms with van der Waals surface area (Å²) in [6.07, 6.45) is -1.40. The fraction of sp³-hybridized carbons (Fsp3) is 0.364. The number of aliphatic carboxylic acids is 1. The maximum absolute atomic E-state index is 13.5. The minimum Gasteiger partial charge on any atom is -0.480 e. The van der Waals surface area contributed by atoms with E-state index in [1.165, 1.54) is 12.1 Å². The molecule has 0 radical (unpaired) electrons. The summed E-state index contributed by atoms with van der Waals surface area (Å²) < 4.78 is 53.4. The van der Waals surface area contributed by atoms with Crippen LogP contribution < -0.4 is 0 Å². The molecule has 0 saturated heterocycles. The summed E-state index contributed by atoms with van der Waals surface area (Å²) in [5.74, 6) is -10.8. The lowest BCUT2D eigenvalue weighted by Crippen LogP contribution is -2.72. The van der Waals surface area contributed by atoms with Gasteiger partial charge in [0.1, 0.15) is 0 Å². The first-order valence-corrected chi connectivity index (χ1v) is 5.69. The normalized spacial score (nSPS) is 28.5. The first-order chi connectivity index (χ1) is 8.15. The van der Waals surface area contributed by atoms with Crippen molar-refractivity contribution >= 4 is 21.9 Å². The molecule has 0 bridgehead atoms. The van der Waals surface area contributed by atoms with Crippen LogP contribution >= 0.6 is 15.9 Å². The van der Waals surface area contributed by atoms with Crippen LogP contribution in [-0.4, -0.2) is 22.9 Å². The molecule has 0 heterocycles. The van der Waals surface area contributed by atoms with Gasteiger partial charge in [-0.2, -0.15) is 17.6 Å². The number of halogens is 5. The Morgan fingerprint density at radius 1 is 1.17 bits per heavy atom. The van der Waals surface area contributed by atoms with Crippen molar-refractivity contribution in [2.75, 3.05) is 0 Å². The van der Waals surface area contributed by atoms with Crippen LogP contribution in [-0.2, 0) is 10.2 Å². The summed E-state index contributed by atoms with van der Waals surface area (Å²) >= 11 is 3.06. The van der Waals surface area contributed by atoms with E-state index >= 15 is 0 Å². The summed E-state index contributed by atoms with van der Waals surface area (Å²) in [4.78, 5) is 11.1. The van der Waals surface area contributed by atoms with E-state index in [4.69, 9.17) is 5.11 Å². The molecule has 0 spiro atoms. The monoisotopic (exact) mass is 326 g/mol. The molecular formula is C11H7BrF4O2. The van der Waals surface area contributed by atoms with Crippen molar-refractivity contribution in [3.8, 4) is 0 Å². The van der Waals surface area contributed by atoms with Crippen molar-refractivity contribution < 1.29 is 27.5 Å². The minimum absolute atomic E-state index is 0.325. The van der Waals surface area contributed by atoms with E-state index in [0.29, 0.717) is 4.47 Å². The number of hydrogen-bond acceptors (Lipinski definition) is 1. The number of alkyl halides is 4. The van der Waals surface area contributed by atoms with E-state index in [9.17, 15) is 22.4 Å². The van der Waals surface area contributed by atoms with Crippen LogP contribution in [0.1, 0.15) is 12.0 Å². The van der Waals surface area contributed by atoms with E-state index in [1.807, 2.05) is 0 Å². The van der Waals surface area contributed by atoms with Gasteiger partial charge in [0.05, 0.1) is 0 Å². The van der Waals surface area contributed by atoms with Crippen LogP contribution in [0.4, 0.5) is 17.6 Å². The van der Waals surface area contributed by atoms with Crippen molar-refractivity contribution in [2.45, 2.75) is 23.7 Å². The highest BCUT2D eigenvalue weighted by Gasteiger charge is 2.84. The van der Waals surface area contributed by atoms with Gasteiger partial charge in [0.2, 0.25) is 0 Å². The lowest BCUT2D eigenvalue weighted by atomic mass is 9.58. The fourth-order valence-corrected chi connectivity index (χ4v) is 2.38. The Hall–Kier alpha value is -1.11. The van der Waals surface area contributed by atoms with Gasteiger partial charge >= 0.3 is 17.8 Å². The van der Waals surface area contributed by atoms with E-state index in [-0.39, 0.29) is 5.56 Å². The number of rotatable bonds is 2. The predicted molar refractivity (Wildman–Crippen MR) is 58.0 cm³/mol. The highest BCUT2D eigenvalue weighted by molar-refractivity contribution is 9.10. The molecule has 18 heavy (non-hydrogen) atoms. The number of benzene rings is 1. The Kier molecular flexibility index (Phi) is 2.73. The van der Waals surface area contributed by atoms with E-state index in [2.05, 4.69) is 15.9 Å². The number of carboxylic acids is 1. The maximum Gasteiger partial charge on any atom is 0.330 e. The lowest BCUT2D eigenvalue weighted by molar-refractivity contribution is -0.322. The number of carbonyl (C=O) groups is 1. The molecule has 0 aromatic heterocycles. The summed E-state index contributed by atoms with van der Waals surface area (Å²) in [5.41, 5.74) is -3.17.